The van der Waals surface area contributed by atoms with Gasteiger partial charge in [-0.05, 0) is 86.1 Å². The smallest absolute Gasteiger partial charge is 0.0181 e. The van der Waals surface area contributed by atoms with Crippen molar-refractivity contribution in [2.75, 3.05) is 0 Å². The van der Waals surface area contributed by atoms with E-state index in [2.05, 4.69) is 126 Å². The summed E-state index contributed by atoms with van der Waals surface area (Å²) in [5, 5.41) is 0. The van der Waals surface area contributed by atoms with Crippen LogP contribution in [0.2, 0.25) is 0 Å². The van der Waals surface area contributed by atoms with Crippen LogP contribution in [-0.2, 0) is 0 Å². The standard InChI is InChI=1S/C16H18.C14H14/c1-11-5-7-15(9-13(11)3)16-8-6-12(2)14(4)10-16;1-11-3-7-13(8-4-11)14-9-5-12(2)6-10-14/h5-10H,1-4H3;3-10H,1-2H3. The van der Waals surface area contributed by atoms with Gasteiger partial charge in [-0.25, -0.2) is 0 Å². The molecule has 30 heavy (non-hydrogen) atoms. The zero-order valence-electron chi connectivity index (χ0n) is 19.1. The van der Waals surface area contributed by atoms with Crippen molar-refractivity contribution in [2.45, 2.75) is 41.5 Å². The Bertz CT molecular complexity index is 1020. The second kappa shape index (κ2) is 9.59. The molecular formula is C30H32. The summed E-state index contributed by atoms with van der Waals surface area (Å²) in [5.74, 6) is 0. The van der Waals surface area contributed by atoms with Gasteiger partial charge in [-0.2, -0.15) is 0 Å². The topological polar surface area (TPSA) is 0 Å². The number of aryl methyl sites for hydroxylation is 6. The lowest BCUT2D eigenvalue weighted by atomic mass is 9.98. The van der Waals surface area contributed by atoms with E-state index in [1.54, 1.807) is 0 Å². The number of benzene rings is 4. The number of rotatable bonds is 2. The van der Waals surface area contributed by atoms with E-state index in [1.165, 1.54) is 55.6 Å². The first-order valence-corrected chi connectivity index (χ1v) is 10.6. The van der Waals surface area contributed by atoms with Gasteiger partial charge in [-0.15, -0.1) is 0 Å². The van der Waals surface area contributed by atoms with E-state index >= 15 is 0 Å². The Kier molecular flexibility index (Phi) is 6.90. The van der Waals surface area contributed by atoms with E-state index in [-0.39, 0.29) is 0 Å². The van der Waals surface area contributed by atoms with Crippen molar-refractivity contribution < 1.29 is 0 Å². The van der Waals surface area contributed by atoms with E-state index in [1.807, 2.05) is 0 Å². The van der Waals surface area contributed by atoms with Crippen molar-refractivity contribution in [3.8, 4) is 22.3 Å². The largest absolute Gasteiger partial charge is 0.0587 e. The predicted molar refractivity (Wildman–Crippen MR) is 132 cm³/mol. The molecule has 152 valence electrons. The summed E-state index contributed by atoms with van der Waals surface area (Å²) in [5.41, 5.74) is 13.2. The second-order valence-corrected chi connectivity index (χ2v) is 8.33. The first-order chi connectivity index (χ1) is 14.3. The van der Waals surface area contributed by atoms with Crippen LogP contribution >= 0.6 is 0 Å². The van der Waals surface area contributed by atoms with Gasteiger partial charge in [0, 0.05) is 0 Å². The highest BCUT2D eigenvalue weighted by atomic mass is 14.1. The van der Waals surface area contributed by atoms with E-state index in [0.29, 0.717) is 0 Å². The Hall–Kier alpha value is -3.12. The highest BCUT2D eigenvalue weighted by Crippen LogP contribution is 2.24. The molecule has 0 nitrogen and oxygen atoms in total. The lowest BCUT2D eigenvalue weighted by Gasteiger charge is -2.08. The van der Waals surface area contributed by atoms with Gasteiger partial charge in [0.05, 0.1) is 0 Å². The third-order valence-corrected chi connectivity index (χ3v) is 5.78. The Balaban J connectivity index is 0.000000172. The average Bonchev–Trinajstić information content (AvgIpc) is 2.74. The molecule has 4 aromatic rings. The lowest BCUT2D eigenvalue weighted by molar-refractivity contribution is 1.32. The molecule has 0 heterocycles. The molecule has 0 fully saturated rings. The number of hydrogen-bond acceptors (Lipinski definition) is 0. The summed E-state index contributed by atoms with van der Waals surface area (Å²) >= 11 is 0. The van der Waals surface area contributed by atoms with Gasteiger partial charge in [0.1, 0.15) is 0 Å². The molecular weight excluding hydrogens is 360 g/mol. The minimum Gasteiger partial charge on any atom is -0.0587 e. The second-order valence-electron chi connectivity index (χ2n) is 8.33. The van der Waals surface area contributed by atoms with Crippen LogP contribution in [0.4, 0.5) is 0 Å². The van der Waals surface area contributed by atoms with E-state index < -0.39 is 0 Å². The highest BCUT2D eigenvalue weighted by Gasteiger charge is 2.01. The van der Waals surface area contributed by atoms with Crippen LogP contribution in [0.25, 0.3) is 22.3 Å². The van der Waals surface area contributed by atoms with Gasteiger partial charge < -0.3 is 0 Å². The molecule has 0 amide bonds. The van der Waals surface area contributed by atoms with Crippen molar-refractivity contribution in [2.24, 2.45) is 0 Å². The average molecular weight is 393 g/mol. The maximum absolute atomic E-state index is 2.26. The van der Waals surface area contributed by atoms with Crippen molar-refractivity contribution in [1.29, 1.82) is 0 Å². The van der Waals surface area contributed by atoms with Gasteiger partial charge in [0.15, 0.2) is 0 Å². The van der Waals surface area contributed by atoms with Gasteiger partial charge in [-0.1, -0.05) is 96.1 Å². The molecule has 0 atom stereocenters. The number of hydrogen-bond donors (Lipinski definition) is 0. The highest BCUT2D eigenvalue weighted by molar-refractivity contribution is 5.66. The molecule has 0 aromatic heterocycles. The quantitative estimate of drug-likeness (QED) is 0.320. The zero-order chi connectivity index (χ0) is 21.7. The molecule has 0 bridgehead atoms. The molecule has 0 spiro atoms. The van der Waals surface area contributed by atoms with E-state index in [4.69, 9.17) is 0 Å². The van der Waals surface area contributed by atoms with Crippen LogP contribution in [-0.4, -0.2) is 0 Å². The molecule has 0 aliphatic carbocycles. The minimum absolute atomic E-state index is 1.29. The fourth-order valence-corrected chi connectivity index (χ4v) is 3.33. The molecule has 0 unspecified atom stereocenters. The molecule has 4 aromatic carbocycles. The first-order valence-electron chi connectivity index (χ1n) is 10.6. The normalized spacial score (nSPS) is 10.3. The fraction of sp³-hybridized carbons (Fsp3) is 0.200. The van der Waals surface area contributed by atoms with Gasteiger partial charge in [0.25, 0.3) is 0 Å². The third kappa shape index (κ3) is 5.48. The Morgan fingerprint density at radius 2 is 0.600 bits per heavy atom. The monoisotopic (exact) mass is 392 g/mol. The van der Waals surface area contributed by atoms with Gasteiger partial charge in [-0.3, -0.25) is 0 Å². The maximum atomic E-state index is 2.26. The maximum Gasteiger partial charge on any atom is -0.0181 e. The predicted octanol–water partition coefficient (Wildman–Crippen LogP) is 8.56. The van der Waals surface area contributed by atoms with Crippen LogP contribution in [0.1, 0.15) is 33.4 Å². The van der Waals surface area contributed by atoms with Crippen molar-refractivity contribution in [1.82, 2.24) is 0 Å². The van der Waals surface area contributed by atoms with Crippen molar-refractivity contribution >= 4 is 0 Å². The van der Waals surface area contributed by atoms with Crippen molar-refractivity contribution in [3.05, 3.63) is 118 Å². The van der Waals surface area contributed by atoms with Crippen LogP contribution in [0, 0.1) is 41.5 Å². The summed E-state index contributed by atoms with van der Waals surface area (Å²) in [4.78, 5) is 0. The molecule has 4 rings (SSSR count). The van der Waals surface area contributed by atoms with Crippen LogP contribution < -0.4 is 0 Å². The van der Waals surface area contributed by atoms with Gasteiger partial charge >= 0.3 is 0 Å². The summed E-state index contributed by atoms with van der Waals surface area (Å²) in [7, 11) is 0. The summed E-state index contributed by atoms with van der Waals surface area (Å²) in [6.07, 6.45) is 0. The SMILES string of the molecule is Cc1ccc(-c2ccc(C)c(C)c2)cc1C.Cc1ccc(-c2ccc(C)cc2)cc1. The molecule has 0 radical (unpaired) electrons. The summed E-state index contributed by atoms with van der Waals surface area (Å²) < 4.78 is 0. The van der Waals surface area contributed by atoms with Crippen LogP contribution in [0.5, 0.6) is 0 Å². The third-order valence-electron chi connectivity index (χ3n) is 5.78. The van der Waals surface area contributed by atoms with Crippen molar-refractivity contribution in [3.63, 3.8) is 0 Å². The fourth-order valence-electron chi connectivity index (χ4n) is 3.33. The molecule has 0 saturated carbocycles. The van der Waals surface area contributed by atoms with Crippen LogP contribution in [0.3, 0.4) is 0 Å². The summed E-state index contributed by atoms with van der Waals surface area (Å²) in [6, 6.07) is 30.6. The minimum atomic E-state index is 1.29. The molecule has 0 saturated heterocycles. The Labute approximate surface area is 182 Å². The van der Waals surface area contributed by atoms with Crippen LogP contribution in [0.15, 0.2) is 84.9 Å². The summed E-state index contributed by atoms with van der Waals surface area (Å²) in [6.45, 7) is 12.9. The first kappa shape index (κ1) is 21.6. The molecule has 0 N–H and O–H groups in total. The zero-order valence-corrected chi connectivity index (χ0v) is 19.1. The molecule has 0 heteroatoms. The van der Waals surface area contributed by atoms with E-state index in [0.717, 1.165) is 0 Å². The lowest BCUT2D eigenvalue weighted by Crippen LogP contribution is -1.86. The molecule has 0 aliphatic rings. The Morgan fingerprint density at radius 1 is 0.300 bits per heavy atom. The molecule has 0 aliphatic heterocycles. The van der Waals surface area contributed by atoms with E-state index in [9.17, 15) is 0 Å². The Morgan fingerprint density at radius 3 is 0.900 bits per heavy atom. The van der Waals surface area contributed by atoms with Gasteiger partial charge in [0.2, 0.25) is 0 Å².